The maximum atomic E-state index is 11.8. The topological polar surface area (TPSA) is 138 Å². The summed E-state index contributed by atoms with van der Waals surface area (Å²) >= 11 is 3.31. The summed E-state index contributed by atoms with van der Waals surface area (Å²) in [5, 5.41) is 18.3. The molecule has 2 aromatic rings. The second kappa shape index (κ2) is 8.20. The van der Waals surface area contributed by atoms with Crippen LogP contribution in [0.15, 0.2) is 34.8 Å². The van der Waals surface area contributed by atoms with Crippen molar-refractivity contribution >= 4 is 56.5 Å². The highest BCUT2D eigenvalue weighted by Gasteiger charge is 2.11. The van der Waals surface area contributed by atoms with E-state index in [9.17, 15) is 19.2 Å². The molecule has 0 aliphatic heterocycles. The number of halogens is 1. The van der Waals surface area contributed by atoms with Gasteiger partial charge in [0.1, 0.15) is 0 Å². The zero-order valence-electron chi connectivity index (χ0n) is 12.6. The van der Waals surface area contributed by atoms with Crippen molar-refractivity contribution in [1.82, 2.24) is 10.2 Å². The number of H-pyrrole nitrogens is 1. The fourth-order valence-corrected chi connectivity index (χ4v) is 2.15. The molecule has 0 aliphatic rings. The zero-order valence-corrected chi connectivity index (χ0v) is 14.2. The second-order valence-electron chi connectivity index (χ2n) is 4.77. The summed E-state index contributed by atoms with van der Waals surface area (Å²) in [5.74, 6) is -3.61. The van der Waals surface area contributed by atoms with Gasteiger partial charge in [0, 0.05) is 22.0 Å². The summed E-state index contributed by atoms with van der Waals surface area (Å²) in [6.07, 6.45) is 0.761. The number of ether oxygens (including phenoxy) is 1. The number of carbonyl (C=O) groups is 4. The number of nitrogens with zero attached hydrogens (tertiary/aromatic N) is 1. The third-order valence-corrected chi connectivity index (χ3v) is 3.39. The Morgan fingerprint density at radius 1 is 1.24 bits per heavy atom. The minimum Gasteiger partial charge on any atom is -0.481 e. The van der Waals surface area contributed by atoms with Crippen LogP contribution < -0.4 is 5.32 Å². The molecular weight excluding hydrogens is 398 g/mol. The summed E-state index contributed by atoms with van der Waals surface area (Å²) in [4.78, 5) is 44.7. The largest absolute Gasteiger partial charge is 0.481 e. The van der Waals surface area contributed by atoms with E-state index in [0.29, 0.717) is 10.9 Å². The summed E-state index contributed by atoms with van der Waals surface area (Å²) in [6, 6.07) is 5.34. The van der Waals surface area contributed by atoms with E-state index in [1.165, 1.54) is 0 Å². The molecule has 1 heterocycles. The van der Waals surface area contributed by atoms with Gasteiger partial charge in [0.25, 0.3) is 0 Å². The van der Waals surface area contributed by atoms with Crippen LogP contribution in [-0.2, 0) is 23.9 Å². The van der Waals surface area contributed by atoms with E-state index >= 15 is 0 Å². The van der Waals surface area contributed by atoms with Gasteiger partial charge in [-0.3, -0.25) is 19.5 Å². The number of hydrogen-bond donors (Lipinski definition) is 3. The van der Waals surface area contributed by atoms with Gasteiger partial charge in [0.2, 0.25) is 5.91 Å². The van der Waals surface area contributed by atoms with Gasteiger partial charge in [-0.25, -0.2) is 4.79 Å². The number of fused-ring (bicyclic) bond motifs is 1. The minimum absolute atomic E-state index is 0.275. The molecule has 0 atom stereocenters. The average Bonchev–Trinajstić information content (AvgIpc) is 2.93. The molecule has 0 saturated heterocycles. The average molecular weight is 410 g/mol. The van der Waals surface area contributed by atoms with E-state index in [-0.39, 0.29) is 5.82 Å². The Hall–Kier alpha value is -3.01. The van der Waals surface area contributed by atoms with Gasteiger partial charge in [0.05, 0.1) is 18.4 Å². The Morgan fingerprint density at radius 3 is 2.72 bits per heavy atom. The van der Waals surface area contributed by atoms with Crippen LogP contribution in [0.25, 0.3) is 10.9 Å². The number of carbonyl (C=O) groups excluding carboxylic acids is 3. The number of anilines is 1. The molecule has 1 amide bonds. The van der Waals surface area contributed by atoms with Gasteiger partial charge in [-0.05, 0) is 18.2 Å². The Bertz CT molecular complexity index is 873. The van der Waals surface area contributed by atoms with Crippen molar-refractivity contribution in [3.05, 3.63) is 34.8 Å². The van der Waals surface area contributed by atoms with Crippen LogP contribution in [0, 0.1) is 0 Å². The van der Waals surface area contributed by atoms with E-state index in [0.717, 1.165) is 16.6 Å². The second-order valence-corrected chi connectivity index (χ2v) is 5.69. The first kappa shape index (κ1) is 18.3. The summed E-state index contributed by atoms with van der Waals surface area (Å²) in [5.41, 5.74) is 0.714. The lowest BCUT2D eigenvalue weighted by molar-refractivity contribution is -0.157. The molecule has 0 bridgehead atoms. The molecular formula is C15H12BrN3O6. The zero-order chi connectivity index (χ0) is 18.4. The first-order valence-corrected chi connectivity index (χ1v) is 7.73. The Morgan fingerprint density at radius 2 is 2.00 bits per heavy atom. The summed E-state index contributed by atoms with van der Waals surface area (Å²) in [6.45, 7) is 0. The number of aliphatic carboxylic acids is 1. The summed E-state index contributed by atoms with van der Waals surface area (Å²) in [7, 11) is 0. The number of aromatic amines is 1. The first-order chi connectivity index (χ1) is 11.8. The van der Waals surface area contributed by atoms with Crippen molar-refractivity contribution in [3.8, 4) is 0 Å². The molecule has 1 aromatic heterocycles. The third kappa shape index (κ3) is 5.53. The standard InChI is InChI=1S/C15H12BrN3O6/c16-8-1-2-10-9(7-8)15(19-18-10)17-11(20)3-5-13(23)25-14(24)6-4-12(21)22/h1-3,5,7H,4,6H2,(H,21,22)(H2,17,18,19,20). The number of aromatic nitrogens is 2. The monoisotopic (exact) mass is 409 g/mol. The highest BCUT2D eigenvalue weighted by atomic mass is 79.9. The number of rotatable bonds is 6. The Kier molecular flexibility index (Phi) is 6.01. The van der Waals surface area contributed by atoms with E-state index in [2.05, 4.69) is 36.2 Å². The molecule has 9 nitrogen and oxygen atoms in total. The summed E-state index contributed by atoms with van der Waals surface area (Å²) < 4.78 is 5.14. The molecule has 2 rings (SSSR count). The highest BCUT2D eigenvalue weighted by Crippen LogP contribution is 2.24. The van der Waals surface area contributed by atoms with Gasteiger partial charge in [-0.2, -0.15) is 5.10 Å². The molecule has 0 aliphatic carbocycles. The van der Waals surface area contributed by atoms with Crippen LogP contribution in [0.2, 0.25) is 0 Å². The van der Waals surface area contributed by atoms with E-state index in [4.69, 9.17) is 5.11 Å². The van der Waals surface area contributed by atoms with Crippen LogP contribution in [0.1, 0.15) is 12.8 Å². The van der Waals surface area contributed by atoms with Gasteiger partial charge in [0.15, 0.2) is 5.82 Å². The predicted octanol–water partition coefficient (Wildman–Crippen LogP) is 1.75. The smallest absolute Gasteiger partial charge is 0.338 e. The van der Waals surface area contributed by atoms with Gasteiger partial charge in [-0.1, -0.05) is 15.9 Å². The maximum Gasteiger partial charge on any atom is 0.338 e. The number of hydrogen-bond acceptors (Lipinski definition) is 6. The molecule has 10 heteroatoms. The molecule has 25 heavy (non-hydrogen) atoms. The Labute approximate surface area is 149 Å². The fraction of sp³-hybridized carbons (Fsp3) is 0.133. The van der Waals surface area contributed by atoms with Crippen molar-refractivity contribution in [2.45, 2.75) is 12.8 Å². The molecule has 0 radical (unpaired) electrons. The van der Waals surface area contributed by atoms with Gasteiger partial charge < -0.3 is 15.2 Å². The highest BCUT2D eigenvalue weighted by molar-refractivity contribution is 9.10. The molecule has 130 valence electrons. The molecule has 3 N–H and O–H groups in total. The van der Waals surface area contributed by atoms with Crippen LogP contribution in [0.5, 0.6) is 0 Å². The van der Waals surface area contributed by atoms with Crippen molar-refractivity contribution in [2.75, 3.05) is 5.32 Å². The van der Waals surface area contributed by atoms with E-state index in [1.807, 2.05) is 6.07 Å². The van der Waals surface area contributed by atoms with E-state index < -0.39 is 36.7 Å². The third-order valence-electron chi connectivity index (χ3n) is 2.89. The van der Waals surface area contributed by atoms with Crippen LogP contribution >= 0.6 is 15.9 Å². The van der Waals surface area contributed by atoms with Gasteiger partial charge in [-0.15, -0.1) is 0 Å². The number of amides is 1. The molecule has 1 aromatic carbocycles. The fourth-order valence-electron chi connectivity index (χ4n) is 1.79. The Balaban J connectivity index is 1.91. The lowest BCUT2D eigenvalue weighted by Crippen LogP contribution is -2.13. The lowest BCUT2D eigenvalue weighted by atomic mass is 10.2. The maximum absolute atomic E-state index is 11.8. The minimum atomic E-state index is -1.18. The van der Waals surface area contributed by atoms with E-state index in [1.54, 1.807) is 12.1 Å². The van der Waals surface area contributed by atoms with Crippen molar-refractivity contribution in [1.29, 1.82) is 0 Å². The quantitative estimate of drug-likeness (QED) is 0.375. The molecule has 0 unspecified atom stereocenters. The van der Waals surface area contributed by atoms with Crippen LogP contribution in [0.4, 0.5) is 5.82 Å². The van der Waals surface area contributed by atoms with Gasteiger partial charge >= 0.3 is 17.9 Å². The molecule has 0 fully saturated rings. The predicted molar refractivity (Wildman–Crippen MR) is 89.5 cm³/mol. The number of nitrogens with one attached hydrogen (secondary N) is 2. The van der Waals surface area contributed by atoms with Crippen molar-refractivity contribution < 1.29 is 29.0 Å². The number of carboxylic acids is 1. The number of esters is 2. The van der Waals surface area contributed by atoms with Crippen molar-refractivity contribution in [3.63, 3.8) is 0 Å². The number of carboxylic acid groups (broad SMARTS) is 1. The van der Waals surface area contributed by atoms with Crippen molar-refractivity contribution in [2.24, 2.45) is 0 Å². The normalized spacial score (nSPS) is 10.8. The number of benzene rings is 1. The van der Waals surface area contributed by atoms with Crippen LogP contribution in [-0.4, -0.2) is 39.1 Å². The lowest BCUT2D eigenvalue weighted by Gasteiger charge is -1.99. The molecule has 0 spiro atoms. The van der Waals surface area contributed by atoms with Crippen LogP contribution in [0.3, 0.4) is 0 Å². The SMILES string of the molecule is O=C(O)CCC(=O)OC(=O)C=CC(=O)Nc1n[nH]c2ccc(Br)cc12. The first-order valence-electron chi connectivity index (χ1n) is 6.94. The molecule has 0 saturated carbocycles.